The highest BCUT2D eigenvalue weighted by atomic mass is 35.5. The number of aliphatic hydroxyl groups excluding tert-OH is 1. The number of amides is 1. The Morgan fingerprint density at radius 3 is 2.57 bits per heavy atom. The van der Waals surface area contributed by atoms with E-state index in [9.17, 15) is 9.90 Å². The highest BCUT2D eigenvalue weighted by Gasteiger charge is 2.23. The number of hydrogen-bond acceptors (Lipinski definition) is 5. The van der Waals surface area contributed by atoms with Gasteiger partial charge in [-0.05, 0) is 74.2 Å². The monoisotopic (exact) mass is 432 g/mol. The van der Waals surface area contributed by atoms with E-state index in [0.29, 0.717) is 34.5 Å². The molecule has 1 amide bonds. The number of methoxy groups -OCH3 is 1. The highest BCUT2D eigenvalue weighted by molar-refractivity contribution is 6.30. The van der Waals surface area contributed by atoms with Crippen LogP contribution in [0, 0.1) is 5.92 Å². The molecule has 3 N–H and O–H groups in total. The zero-order chi connectivity index (χ0) is 21.5. The molecule has 0 radical (unpaired) electrons. The van der Waals surface area contributed by atoms with E-state index in [0.717, 1.165) is 37.9 Å². The first kappa shape index (κ1) is 22.4. The van der Waals surface area contributed by atoms with Crippen LogP contribution < -0.4 is 15.2 Å². The van der Waals surface area contributed by atoms with Gasteiger partial charge >= 0.3 is 0 Å². The van der Waals surface area contributed by atoms with Gasteiger partial charge in [-0.3, -0.25) is 4.79 Å². The summed E-state index contributed by atoms with van der Waals surface area (Å²) < 4.78 is 11.1. The quantitative estimate of drug-likeness (QED) is 0.635. The Bertz CT molecular complexity index is 836. The molecule has 3 rings (SSSR count). The van der Waals surface area contributed by atoms with Crippen molar-refractivity contribution in [3.63, 3.8) is 0 Å². The van der Waals surface area contributed by atoms with Crippen LogP contribution in [0.5, 0.6) is 11.5 Å². The summed E-state index contributed by atoms with van der Waals surface area (Å²) in [4.78, 5) is 13.9. The predicted molar refractivity (Wildman–Crippen MR) is 117 cm³/mol. The van der Waals surface area contributed by atoms with Gasteiger partial charge in [0.25, 0.3) is 5.91 Å². The molecular formula is C23H29ClN2O4. The molecule has 1 heterocycles. The molecule has 0 aliphatic carbocycles. The molecule has 2 aromatic carbocycles. The van der Waals surface area contributed by atoms with E-state index < -0.39 is 12.0 Å². The number of carbonyl (C=O) groups is 1. The summed E-state index contributed by atoms with van der Waals surface area (Å²) in [6.07, 6.45) is 2.34. The number of halogens is 1. The number of carbonyl (C=O) groups excluding carboxylic acids is 1. The number of nitrogens with two attached hydrogens (primary N) is 1. The molecule has 7 heteroatoms. The number of β-amino-alcohol motifs (C(OH)–C–C–N with tert-alkyl or cyclic N) is 1. The van der Waals surface area contributed by atoms with Gasteiger partial charge in [-0.2, -0.15) is 0 Å². The van der Waals surface area contributed by atoms with Gasteiger partial charge in [-0.25, -0.2) is 0 Å². The molecular weight excluding hydrogens is 404 g/mol. The average Bonchev–Trinajstić information content (AvgIpc) is 2.74. The van der Waals surface area contributed by atoms with E-state index in [1.54, 1.807) is 37.4 Å². The number of ether oxygens (including phenoxy) is 2. The van der Waals surface area contributed by atoms with Crippen molar-refractivity contribution in [2.75, 3.05) is 33.4 Å². The van der Waals surface area contributed by atoms with Crippen LogP contribution in [0.2, 0.25) is 5.02 Å². The lowest BCUT2D eigenvalue weighted by atomic mass is 9.89. The number of primary amides is 1. The fourth-order valence-electron chi connectivity index (χ4n) is 3.94. The van der Waals surface area contributed by atoms with Gasteiger partial charge in [0.05, 0.1) is 12.7 Å². The first-order chi connectivity index (χ1) is 14.5. The molecule has 1 saturated heterocycles. The van der Waals surface area contributed by atoms with E-state index in [4.69, 9.17) is 26.8 Å². The molecule has 6 nitrogen and oxygen atoms in total. The Morgan fingerprint density at radius 1 is 1.23 bits per heavy atom. The molecule has 1 aliphatic heterocycles. The summed E-state index contributed by atoms with van der Waals surface area (Å²) in [6, 6.07) is 12.7. The normalized spacial score (nSPS) is 16.2. The molecule has 0 spiro atoms. The van der Waals surface area contributed by atoms with Crippen molar-refractivity contribution in [3.8, 4) is 11.5 Å². The van der Waals surface area contributed by atoms with Crippen LogP contribution in [-0.4, -0.2) is 55.4 Å². The van der Waals surface area contributed by atoms with Crippen molar-refractivity contribution in [1.29, 1.82) is 0 Å². The second kappa shape index (κ2) is 10.7. The number of likely N-dealkylation sites (tertiary alicyclic amines) is 1. The Morgan fingerprint density at radius 2 is 1.93 bits per heavy atom. The molecule has 1 unspecified atom stereocenters. The smallest absolute Gasteiger partial charge is 0.252 e. The van der Waals surface area contributed by atoms with Gasteiger partial charge < -0.3 is 25.2 Å². The Hall–Kier alpha value is -2.28. The summed E-state index contributed by atoms with van der Waals surface area (Å²) in [5.41, 5.74) is 6.90. The largest absolute Gasteiger partial charge is 0.496 e. The van der Waals surface area contributed by atoms with Crippen LogP contribution in [0.4, 0.5) is 0 Å². The highest BCUT2D eigenvalue weighted by Crippen LogP contribution is 2.29. The van der Waals surface area contributed by atoms with Gasteiger partial charge in [0.1, 0.15) is 24.2 Å². The van der Waals surface area contributed by atoms with E-state index in [1.807, 2.05) is 12.1 Å². The second-order valence-electron chi connectivity index (χ2n) is 7.73. The summed E-state index contributed by atoms with van der Waals surface area (Å²) in [5.74, 6) is 1.31. The van der Waals surface area contributed by atoms with E-state index in [2.05, 4.69) is 4.90 Å². The van der Waals surface area contributed by atoms with Gasteiger partial charge in [0.2, 0.25) is 0 Å². The Balaban J connectivity index is 1.45. The minimum atomic E-state index is -0.551. The summed E-state index contributed by atoms with van der Waals surface area (Å²) >= 11 is 5.87. The number of benzene rings is 2. The van der Waals surface area contributed by atoms with Gasteiger partial charge in [0.15, 0.2) is 0 Å². The molecule has 0 bridgehead atoms. The van der Waals surface area contributed by atoms with Crippen molar-refractivity contribution < 1.29 is 19.4 Å². The molecule has 1 fully saturated rings. The van der Waals surface area contributed by atoms with Crippen LogP contribution in [-0.2, 0) is 6.42 Å². The minimum Gasteiger partial charge on any atom is -0.496 e. The fraction of sp³-hybridized carbons (Fsp3) is 0.435. The van der Waals surface area contributed by atoms with E-state index >= 15 is 0 Å². The lowest BCUT2D eigenvalue weighted by molar-refractivity contribution is 0.0550. The van der Waals surface area contributed by atoms with E-state index in [1.165, 1.54) is 0 Å². The molecule has 30 heavy (non-hydrogen) atoms. The second-order valence-corrected chi connectivity index (χ2v) is 8.17. The van der Waals surface area contributed by atoms with Gasteiger partial charge in [0, 0.05) is 11.6 Å². The van der Waals surface area contributed by atoms with Crippen molar-refractivity contribution >= 4 is 17.5 Å². The third-order valence-corrected chi connectivity index (χ3v) is 5.76. The number of para-hydroxylation sites is 1. The zero-order valence-electron chi connectivity index (χ0n) is 17.2. The number of aliphatic hydroxyl groups is 1. The van der Waals surface area contributed by atoms with E-state index in [-0.39, 0.29) is 6.61 Å². The maximum Gasteiger partial charge on any atom is 0.252 e. The Labute approximate surface area is 182 Å². The first-order valence-electron chi connectivity index (χ1n) is 10.2. The lowest BCUT2D eigenvalue weighted by Gasteiger charge is -2.33. The van der Waals surface area contributed by atoms with Crippen LogP contribution in [0.1, 0.15) is 28.8 Å². The Kier molecular flexibility index (Phi) is 7.96. The third kappa shape index (κ3) is 6.11. The SMILES string of the molecule is COc1c(CC2CCN(CC(O)COc3ccc(Cl)cc3)CC2)cccc1C(N)=O. The average molecular weight is 433 g/mol. The summed E-state index contributed by atoms with van der Waals surface area (Å²) in [6.45, 7) is 2.67. The zero-order valence-corrected chi connectivity index (χ0v) is 18.0. The van der Waals surface area contributed by atoms with Gasteiger partial charge in [-0.1, -0.05) is 23.7 Å². The van der Waals surface area contributed by atoms with Crippen LogP contribution in [0.25, 0.3) is 0 Å². The fourth-order valence-corrected chi connectivity index (χ4v) is 4.06. The summed E-state index contributed by atoms with van der Waals surface area (Å²) in [7, 11) is 1.57. The first-order valence-corrected chi connectivity index (χ1v) is 10.6. The van der Waals surface area contributed by atoms with Crippen molar-refractivity contribution in [2.24, 2.45) is 11.7 Å². The number of rotatable bonds is 9. The van der Waals surface area contributed by atoms with Crippen LogP contribution >= 0.6 is 11.6 Å². The van der Waals surface area contributed by atoms with Crippen molar-refractivity contribution in [3.05, 3.63) is 58.6 Å². The third-order valence-electron chi connectivity index (χ3n) is 5.51. The molecule has 162 valence electrons. The molecule has 0 saturated carbocycles. The molecule has 1 aliphatic rings. The predicted octanol–water partition coefficient (Wildman–Crippen LogP) is 3.14. The maximum absolute atomic E-state index is 11.6. The van der Waals surface area contributed by atoms with Crippen molar-refractivity contribution in [2.45, 2.75) is 25.4 Å². The molecule has 0 aromatic heterocycles. The van der Waals surface area contributed by atoms with Crippen LogP contribution in [0.15, 0.2) is 42.5 Å². The number of nitrogens with zero attached hydrogens (tertiary/aromatic N) is 1. The molecule has 1 atom stereocenters. The maximum atomic E-state index is 11.6. The van der Waals surface area contributed by atoms with Crippen molar-refractivity contribution in [1.82, 2.24) is 4.90 Å². The summed E-state index contributed by atoms with van der Waals surface area (Å²) in [5, 5.41) is 11.0. The number of piperidine rings is 1. The van der Waals surface area contributed by atoms with Crippen LogP contribution in [0.3, 0.4) is 0 Å². The minimum absolute atomic E-state index is 0.249. The number of hydrogen-bond donors (Lipinski definition) is 2. The van der Waals surface area contributed by atoms with Gasteiger partial charge in [-0.15, -0.1) is 0 Å². The topological polar surface area (TPSA) is 85.0 Å². The molecule has 2 aromatic rings. The standard InChI is InChI=1S/C23H29ClN2O4/c1-29-22-17(3-2-4-21(22)23(25)28)13-16-9-11-26(12-10-16)14-19(27)15-30-20-7-5-18(24)6-8-20/h2-8,16,19,27H,9-15H2,1H3,(H2,25,28). The lowest BCUT2D eigenvalue weighted by Crippen LogP contribution is -2.41.